The lowest BCUT2D eigenvalue weighted by Gasteiger charge is -2.04. The highest BCUT2D eigenvalue weighted by atomic mass is 79.9. The summed E-state index contributed by atoms with van der Waals surface area (Å²) in [5.74, 6) is 0.358. The topological polar surface area (TPSA) is 64.9 Å². The van der Waals surface area contributed by atoms with Crippen LogP contribution in [0.4, 0.5) is 10.1 Å². The molecule has 3 rings (SSSR count). The van der Waals surface area contributed by atoms with Crippen LogP contribution in [0.5, 0.6) is 0 Å². The van der Waals surface area contributed by atoms with Crippen molar-refractivity contribution >= 4 is 37.5 Å². The molecule has 0 bridgehead atoms. The first-order valence-electron chi connectivity index (χ1n) is 5.89. The van der Waals surface area contributed by atoms with Gasteiger partial charge < -0.3 is 10.3 Å². The number of nitrogens with zero attached hydrogens (tertiary/aromatic N) is 2. The van der Waals surface area contributed by atoms with Gasteiger partial charge in [-0.2, -0.15) is 4.98 Å². The summed E-state index contributed by atoms with van der Waals surface area (Å²) >= 11 is 6.75. The predicted molar refractivity (Wildman–Crippen MR) is 84.9 cm³/mol. The molecule has 7 heteroatoms. The van der Waals surface area contributed by atoms with Gasteiger partial charge in [-0.05, 0) is 52.3 Å². The highest BCUT2D eigenvalue weighted by molar-refractivity contribution is 9.11. The fourth-order valence-electron chi connectivity index (χ4n) is 1.81. The van der Waals surface area contributed by atoms with Crippen LogP contribution in [0.2, 0.25) is 0 Å². The standard InChI is InChI=1S/C14H8Br2FN3O/c15-8-5-10(12(18)11(16)6-8)14-19-13(20-21-14)7-1-3-9(17)4-2-7/h1-6H,18H2. The van der Waals surface area contributed by atoms with Gasteiger partial charge in [-0.15, -0.1) is 0 Å². The maximum absolute atomic E-state index is 12.9. The zero-order valence-electron chi connectivity index (χ0n) is 10.5. The normalized spacial score (nSPS) is 10.8. The summed E-state index contributed by atoms with van der Waals surface area (Å²) in [6.07, 6.45) is 0. The molecule has 4 nitrogen and oxygen atoms in total. The minimum atomic E-state index is -0.317. The molecule has 0 amide bonds. The van der Waals surface area contributed by atoms with Crippen molar-refractivity contribution in [2.45, 2.75) is 0 Å². The van der Waals surface area contributed by atoms with Crippen LogP contribution in [0, 0.1) is 5.82 Å². The van der Waals surface area contributed by atoms with Crippen LogP contribution in [0.1, 0.15) is 0 Å². The monoisotopic (exact) mass is 411 g/mol. The second-order valence-corrected chi connectivity index (χ2v) is 6.05. The van der Waals surface area contributed by atoms with Gasteiger partial charge >= 0.3 is 0 Å². The largest absolute Gasteiger partial charge is 0.397 e. The summed E-state index contributed by atoms with van der Waals surface area (Å²) in [5.41, 5.74) is 7.80. The average molecular weight is 413 g/mol. The lowest BCUT2D eigenvalue weighted by atomic mass is 10.2. The van der Waals surface area contributed by atoms with E-state index >= 15 is 0 Å². The van der Waals surface area contributed by atoms with Gasteiger partial charge in [0.15, 0.2) is 0 Å². The second-order valence-electron chi connectivity index (χ2n) is 4.28. The van der Waals surface area contributed by atoms with Gasteiger partial charge in [-0.25, -0.2) is 4.39 Å². The molecule has 0 aliphatic carbocycles. The molecule has 0 unspecified atom stereocenters. The second kappa shape index (κ2) is 5.57. The van der Waals surface area contributed by atoms with Gasteiger partial charge in [0.2, 0.25) is 5.82 Å². The Hall–Kier alpha value is -1.73. The van der Waals surface area contributed by atoms with Crippen molar-refractivity contribution in [3.8, 4) is 22.8 Å². The Labute approximate surface area is 136 Å². The molecular formula is C14H8Br2FN3O. The lowest BCUT2D eigenvalue weighted by Crippen LogP contribution is -1.92. The molecule has 0 radical (unpaired) electrons. The van der Waals surface area contributed by atoms with E-state index in [1.54, 1.807) is 18.2 Å². The molecule has 2 aromatic carbocycles. The molecule has 1 aromatic heterocycles. The van der Waals surface area contributed by atoms with E-state index < -0.39 is 0 Å². The lowest BCUT2D eigenvalue weighted by molar-refractivity contribution is 0.432. The summed E-state index contributed by atoms with van der Waals surface area (Å²) in [6.45, 7) is 0. The van der Waals surface area contributed by atoms with Gasteiger partial charge in [-0.3, -0.25) is 0 Å². The van der Waals surface area contributed by atoms with Crippen molar-refractivity contribution in [2.75, 3.05) is 5.73 Å². The van der Waals surface area contributed by atoms with Crippen LogP contribution < -0.4 is 5.73 Å². The summed E-state index contributed by atoms with van der Waals surface area (Å²) in [6, 6.07) is 9.48. The quantitative estimate of drug-likeness (QED) is 0.622. The van der Waals surface area contributed by atoms with Crippen LogP contribution in [0.15, 0.2) is 49.9 Å². The number of benzene rings is 2. The molecule has 0 saturated carbocycles. The third kappa shape index (κ3) is 2.84. The number of hydrogen-bond acceptors (Lipinski definition) is 4. The number of halogens is 3. The zero-order chi connectivity index (χ0) is 15.0. The Morgan fingerprint density at radius 2 is 1.81 bits per heavy atom. The Morgan fingerprint density at radius 1 is 1.10 bits per heavy atom. The molecule has 21 heavy (non-hydrogen) atoms. The minimum absolute atomic E-state index is 0.300. The predicted octanol–water partition coefficient (Wildman–Crippen LogP) is 4.65. The molecule has 0 saturated heterocycles. The molecule has 2 N–H and O–H groups in total. The van der Waals surface area contributed by atoms with Gasteiger partial charge in [0.25, 0.3) is 5.89 Å². The Bertz CT molecular complexity index is 802. The molecule has 0 atom stereocenters. The molecular weight excluding hydrogens is 405 g/mol. The van der Waals surface area contributed by atoms with E-state index in [9.17, 15) is 4.39 Å². The third-order valence-corrected chi connectivity index (χ3v) is 3.97. The molecule has 0 aliphatic rings. The maximum Gasteiger partial charge on any atom is 0.260 e. The number of anilines is 1. The number of nitrogens with two attached hydrogens (primary N) is 1. The first-order chi connectivity index (χ1) is 10.0. The van der Waals surface area contributed by atoms with E-state index in [4.69, 9.17) is 10.3 Å². The van der Waals surface area contributed by atoms with E-state index in [1.165, 1.54) is 12.1 Å². The fourth-order valence-corrected chi connectivity index (χ4v) is 3.04. The molecule has 0 aliphatic heterocycles. The van der Waals surface area contributed by atoms with Crippen LogP contribution in [0.25, 0.3) is 22.8 Å². The van der Waals surface area contributed by atoms with Crippen LogP contribution in [-0.2, 0) is 0 Å². The zero-order valence-corrected chi connectivity index (χ0v) is 13.7. The van der Waals surface area contributed by atoms with E-state index in [2.05, 4.69) is 42.0 Å². The van der Waals surface area contributed by atoms with Crippen molar-refractivity contribution < 1.29 is 8.91 Å². The van der Waals surface area contributed by atoms with E-state index in [1.807, 2.05) is 6.07 Å². The Morgan fingerprint density at radius 3 is 2.52 bits per heavy atom. The van der Waals surface area contributed by atoms with Crippen molar-refractivity contribution in [1.82, 2.24) is 10.1 Å². The highest BCUT2D eigenvalue weighted by Gasteiger charge is 2.15. The smallest absolute Gasteiger partial charge is 0.260 e. The van der Waals surface area contributed by atoms with Gasteiger partial charge in [0.1, 0.15) is 5.82 Å². The molecule has 0 spiro atoms. The third-order valence-electron chi connectivity index (χ3n) is 2.85. The van der Waals surface area contributed by atoms with Crippen molar-refractivity contribution in [3.05, 3.63) is 51.2 Å². The van der Waals surface area contributed by atoms with Gasteiger partial charge in [0.05, 0.1) is 11.3 Å². The summed E-state index contributed by atoms with van der Waals surface area (Å²) in [5, 5.41) is 3.90. The molecule has 0 fully saturated rings. The molecule has 1 heterocycles. The number of aromatic nitrogens is 2. The van der Waals surface area contributed by atoms with Crippen molar-refractivity contribution in [3.63, 3.8) is 0 Å². The maximum atomic E-state index is 12.9. The first kappa shape index (κ1) is 14.2. The Kier molecular flexibility index (Phi) is 3.77. The highest BCUT2D eigenvalue weighted by Crippen LogP contribution is 2.35. The van der Waals surface area contributed by atoms with E-state index in [0.29, 0.717) is 28.5 Å². The number of nitrogen functional groups attached to an aromatic ring is 1. The molecule has 3 aromatic rings. The number of rotatable bonds is 2. The number of hydrogen-bond donors (Lipinski definition) is 1. The van der Waals surface area contributed by atoms with Crippen LogP contribution in [0.3, 0.4) is 0 Å². The Balaban J connectivity index is 2.04. The minimum Gasteiger partial charge on any atom is -0.397 e. The van der Waals surface area contributed by atoms with Crippen molar-refractivity contribution in [1.29, 1.82) is 0 Å². The summed E-state index contributed by atoms with van der Waals surface area (Å²) in [7, 11) is 0. The SMILES string of the molecule is Nc1c(Br)cc(Br)cc1-c1nc(-c2ccc(F)cc2)no1. The average Bonchev–Trinajstić information content (AvgIpc) is 2.93. The van der Waals surface area contributed by atoms with Crippen molar-refractivity contribution in [2.24, 2.45) is 0 Å². The van der Waals surface area contributed by atoms with E-state index in [0.717, 1.165) is 8.95 Å². The summed E-state index contributed by atoms with van der Waals surface area (Å²) < 4.78 is 19.7. The van der Waals surface area contributed by atoms with Gasteiger partial charge in [-0.1, -0.05) is 21.1 Å². The van der Waals surface area contributed by atoms with E-state index in [-0.39, 0.29) is 5.82 Å². The van der Waals surface area contributed by atoms with Gasteiger partial charge in [0, 0.05) is 14.5 Å². The summed E-state index contributed by atoms with van der Waals surface area (Å²) in [4.78, 5) is 4.30. The molecule has 106 valence electrons. The fraction of sp³-hybridized carbons (Fsp3) is 0. The first-order valence-corrected chi connectivity index (χ1v) is 7.48. The van der Waals surface area contributed by atoms with Crippen LogP contribution >= 0.6 is 31.9 Å². The van der Waals surface area contributed by atoms with Crippen LogP contribution in [-0.4, -0.2) is 10.1 Å².